The van der Waals surface area contributed by atoms with E-state index in [1.54, 1.807) is 24.5 Å². The summed E-state index contributed by atoms with van der Waals surface area (Å²) in [6.45, 7) is 0. The van der Waals surface area contributed by atoms with Gasteiger partial charge in [0.15, 0.2) is 0 Å². The van der Waals surface area contributed by atoms with Crippen molar-refractivity contribution in [2.45, 2.75) is 0 Å². The molecule has 0 aliphatic heterocycles. The zero-order chi connectivity index (χ0) is 13.4. The van der Waals surface area contributed by atoms with Gasteiger partial charge >= 0.3 is 0 Å². The van der Waals surface area contributed by atoms with Crippen LogP contribution in [0.3, 0.4) is 0 Å². The van der Waals surface area contributed by atoms with E-state index >= 15 is 0 Å². The molecule has 1 aromatic carbocycles. The van der Waals surface area contributed by atoms with Crippen molar-refractivity contribution in [3.05, 3.63) is 50.9 Å². The van der Waals surface area contributed by atoms with Gasteiger partial charge in [0.25, 0.3) is 5.88 Å². The first-order valence-electron chi connectivity index (χ1n) is 5.25. The predicted molar refractivity (Wildman–Crippen MR) is 79.9 cm³/mol. The van der Waals surface area contributed by atoms with Gasteiger partial charge in [-0.1, -0.05) is 27.5 Å². The lowest BCUT2D eigenvalue weighted by Crippen LogP contribution is -1.95. The van der Waals surface area contributed by atoms with E-state index < -0.39 is 0 Å². The Kier molecular flexibility index (Phi) is 3.47. The number of hydrogen-bond donors (Lipinski definition) is 0. The third-order valence-corrected chi connectivity index (χ3v) is 3.60. The lowest BCUT2D eigenvalue weighted by atomic mass is 10.3. The fourth-order valence-electron chi connectivity index (χ4n) is 1.60. The molecular weight excluding hydrogens is 397 g/mol. The maximum absolute atomic E-state index is 6.10. The Morgan fingerprint density at radius 1 is 1.26 bits per heavy atom. The summed E-state index contributed by atoms with van der Waals surface area (Å²) in [5, 5.41) is 0.509. The van der Waals surface area contributed by atoms with Crippen LogP contribution in [0.4, 0.5) is 0 Å². The summed E-state index contributed by atoms with van der Waals surface area (Å²) < 4.78 is 9.10. The van der Waals surface area contributed by atoms with Gasteiger partial charge in [0.1, 0.15) is 10.4 Å². The molecule has 0 amide bonds. The van der Waals surface area contributed by atoms with Gasteiger partial charge in [0.2, 0.25) is 5.65 Å². The van der Waals surface area contributed by atoms with Crippen LogP contribution in [0.15, 0.2) is 45.9 Å². The molecule has 0 aliphatic rings. The zero-order valence-corrected chi connectivity index (χ0v) is 13.3. The van der Waals surface area contributed by atoms with Gasteiger partial charge in [-0.25, -0.2) is 9.97 Å². The molecule has 0 radical (unpaired) electrons. The van der Waals surface area contributed by atoms with E-state index in [4.69, 9.17) is 16.3 Å². The molecule has 0 saturated carbocycles. The van der Waals surface area contributed by atoms with Gasteiger partial charge < -0.3 is 4.74 Å². The quantitative estimate of drug-likeness (QED) is 0.623. The van der Waals surface area contributed by atoms with Crippen molar-refractivity contribution in [3.8, 4) is 11.6 Å². The number of imidazole rings is 1. The third kappa shape index (κ3) is 2.61. The molecular formula is C12H6Br2ClN3O. The molecule has 0 aliphatic carbocycles. The highest BCUT2D eigenvalue weighted by atomic mass is 79.9. The van der Waals surface area contributed by atoms with Crippen LogP contribution in [-0.2, 0) is 0 Å². The van der Waals surface area contributed by atoms with Crippen LogP contribution in [-0.4, -0.2) is 14.4 Å². The molecule has 0 atom stereocenters. The Balaban J connectivity index is 2.10. The molecule has 0 fully saturated rings. The Bertz CT molecular complexity index is 760. The SMILES string of the molecule is Clc1ccc(Br)cc1Oc1nc(Br)cn2ccnc12. The van der Waals surface area contributed by atoms with Crippen molar-refractivity contribution in [3.63, 3.8) is 0 Å². The van der Waals surface area contributed by atoms with Crippen molar-refractivity contribution in [1.82, 2.24) is 14.4 Å². The van der Waals surface area contributed by atoms with E-state index in [1.807, 2.05) is 16.7 Å². The number of rotatable bonds is 2. The summed E-state index contributed by atoms with van der Waals surface area (Å²) in [6, 6.07) is 5.38. The molecule has 7 heteroatoms. The molecule has 2 heterocycles. The molecule has 0 saturated heterocycles. The Hall–Kier alpha value is -1.11. The number of ether oxygens (including phenoxy) is 1. The van der Waals surface area contributed by atoms with Crippen molar-refractivity contribution in [2.24, 2.45) is 0 Å². The minimum Gasteiger partial charge on any atom is -0.434 e. The van der Waals surface area contributed by atoms with Crippen LogP contribution >= 0.6 is 43.5 Å². The van der Waals surface area contributed by atoms with Gasteiger partial charge in [0, 0.05) is 23.1 Å². The molecule has 19 heavy (non-hydrogen) atoms. The molecule has 0 bridgehead atoms. The van der Waals surface area contributed by atoms with Crippen molar-refractivity contribution >= 4 is 49.1 Å². The Labute approximate surface area is 130 Å². The Morgan fingerprint density at radius 2 is 2.11 bits per heavy atom. The first-order valence-corrected chi connectivity index (χ1v) is 7.22. The van der Waals surface area contributed by atoms with Crippen LogP contribution in [0.5, 0.6) is 11.6 Å². The number of benzene rings is 1. The minimum absolute atomic E-state index is 0.388. The zero-order valence-electron chi connectivity index (χ0n) is 9.35. The lowest BCUT2D eigenvalue weighted by molar-refractivity contribution is 0.463. The number of fused-ring (bicyclic) bond motifs is 1. The lowest BCUT2D eigenvalue weighted by Gasteiger charge is -2.08. The van der Waals surface area contributed by atoms with Crippen molar-refractivity contribution < 1.29 is 4.74 Å². The summed E-state index contributed by atoms with van der Waals surface area (Å²) >= 11 is 12.8. The number of halogens is 3. The molecule has 2 aromatic heterocycles. The van der Waals surface area contributed by atoms with E-state index in [0.717, 1.165) is 4.47 Å². The van der Waals surface area contributed by atoms with Gasteiger partial charge in [0.05, 0.1) is 5.02 Å². The van der Waals surface area contributed by atoms with E-state index in [0.29, 0.717) is 26.9 Å². The largest absolute Gasteiger partial charge is 0.434 e. The Morgan fingerprint density at radius 3 is 2.95 bits per heavy atom. The average molecular weight is 403 g/mol. The van der Waals surface area contributed by atoms with Crippen LogP contribution < -0.4 is 4.74 Å². The average Bonchev–Trinajstić information content (AvgIpc) is 2.82. The first kappa shape index (κ1) is 12.9. The summed E-state index contributed by atoms with van der Waals surface area (Å²) in [5.41, 5.74) is 0.624. The van der Waals surface area contributed by atoms with Crippen molar-refractivity contribution in [2.75, 3.05) is 0 Å². The number of nitrogens with zero attached hydrogens (tertiary/aromatic N) is 3. The second-order valence-corrected chi connectivity index (χ2v) is 5.84. The highest BCUT2D eigenvalue weighted by Gasteiger charge is 2.11. The number of hydrogen-bond acceptors (Lipinski definition) is 3. The second kappa shape index (κ2) is 5.11. The normalized spacial score (nSPS) is 10.9. The highest BCUT2D eigenvalue weighted by Crippen LogP contribution is 2.33. The van der Waals surface area contributed by atoms with Gasteiger partial charge in [-0.3, -0.25) is 4.40 Å². The molecule has 3 aromatic rings. The van der Waals surface area contributed by atoms with E-state index in [1.165, 1.54) is 0 Å². The van der Waals surface area contributed by atoms with Crippen LogP contribution in [0.1, 0.15) is 0 Å². The van der Waals surface area contributed by atoms with E-state index in [9.17, 15) is 0 Å². The van der Waals surface area contributed by atoms with E-state index in [2.05, 4.69) is 41.8 Å². The monoisotopic (exact) mass is 401 g/mol. The third-order valence-electron chi connectivity index (χ3n) is 2.41. The first-order chi connectivity index (χ1) is 9.13. The maximum Gasteiger partial charge on any atom is 0.265 e. The van der Waals surface area contributed by atoms with Crippen LogP contribution in [0, 0.1) is 0 Å². The molecule has 96 valence electrons. The fourth-order valence-corrected chi connectivity index (χ4v) is 2.48. The highest BCUT2D eigenvalue weighted by molar-refractivity contribution is 9.10. The molecule has 0 unspecified atom stereocenters. The van der Waals surface area contributed by atoms with Crippen molar-refractivity contribution in [1.29, 1.82) is 0 Å². The molecule has 3 rings (SSSR count). The van der Waals surface area contributed by atoms with Crippen LogP contribution in [0.2, 0.25) is 5.02 Å². The summed E-state index contributed by atoms with van der Waals surface area (Å²) in [4.78, 5) is 8.48. The molecule has 0 N–H and O–H groups in total. The molecule has 4 nitrogen and oxygen atoms in total. The fraction of sp³-hybridized carbons (Fsp3) is 0. The summed E-state index contributed by atoms with van der Waals surface area (Å²) in [5.74, 6) is 0.908. The molecule has 0 spiro atoms. The second-order valence-electron chi connectivity index (χ2n) is 3.70. The number of aromatic nitrogens is 3. The van der Waals surface area contributed by atoms with E-state index in [-0.39, 0.29) is 0 Å². The standard InChI is InChI=1S/C12H6Br2ClN3O/c13-7-1-2-8(15)9(5-7)19-12-11-16-3-4-18(11)6-10(14)17-12/h1-6H. The van der Waals surface area contributed by atoms with Gasteiger partial charge in [-0.05, 0) is 34.1 Å². The van der Waals surface area contributed by atoms with Gasteiger partial charge in [-0.15, -0.1) is 0 Å². The van der Waals surface area contributed by atoms with Gasteiger partial charge in [-0.2, -0.15) is 0 Å². The topological polar surface area (TPSA) is 39.4 Å². The minimum atomic E-state index is 0.388. The smallest absolute Gasteiger partial charge is 0.265 e. The summed E-state index contributed by atoms with van der Waals surface area (Å²) in [7, 11) is 0. The summed E-state index contributed by atoms with van der Waals surface area (Å²) in [6.07, 6.45) is 5.30. The predicted octanol–water partition coefficient (Wildman–Crippen LogP) is 4.70. The maximum atomic E-state index is 6.10. The van der Waals surface area contributed by atoms with Crippen LogP contribution in [0.25, 0.3) is 5.65 Å².